The van der Waals surface area contributed by atoms with E-state index in [-0.39, 0.29) is 24.4 Å². The van der Waals surface area contributed by atoms with Gasteiger partial charge in [0.25, 0.3) is 5.69 Å². The van der Waals surface area contributed by atoms with Crippen LogP contribution in [-0.2, 0) is 21.2 Å². The highest BCUT2D eigenvalue weighted by Gasteiger charge is 2.36. The fraction of sp³-hybridized carbons (Fsp3) is 0.500. The predicted octanol–water partition coefficient (Wildman–Crippen LogP) is 1.41. The third-order valence-corrected chi connectivity index (χ3v) is 5.79. The van der Waals surface area contributed by atoms with Crippen molar-refractivity contribution in [1.82, 2.24) is 4.31 Å². The van der Waals surface area contributed by atoms with Gasteiger partial charge in [-0.15, -0.1) is 0 Å². The minimum Gasteiger partial charge on any atom is -0.480 e. The lowest BCUT2D eigenvalue weighted by Crippen LogP contribution is -2.48. The monoisotopic (exact) mass is 342 g/mol. The van der Waals surface area contributed by atoms with Crippen LogP contribution in [0.15, 0.2) is 24.3 Å². The highest BCUT2D eigenvalue weighted by atomic mass is 32.2. The van der Waals surface area contributed by atoms with Gasteiger partial charge in [0.2, 0.25) is 10.0 Å². The van der Waals surface area contributed by atoms with Crippen LogP contribution in [0.2, 0.25) is 0 Å². The molecule has 0 bridgehead atoms. The first-order chi connectivity index (χ1) is 10.8. The largest absolute Gasteiger partial charge is 0.480 e. The zero-order chi connectivity index (χ0) is 17.0. The summed E-state index contributed by atoms with van der Waals surface area (Å²) in [5.41, 5.74) is 0.195. The molecule has 1 heterocycles. The van der Waals surface area contributed by atoms with Crippen molar-refractivity contribution < 1.29 is 23.2 Å². The van der Waals surface area contributed by atoms with E-state index in [0.717, 1.165) is 4.31 Å². The molecule has 1 aliphatic rings. The molecule has 1 aromatic carbocycles. The molecule has 23 heavy (non-hydrogen) atoms. The predicted molar refractivity (Wildman–Crippen MR) is 82.6 cm³/mol. The van der Waals surface area contributed by atoms with Crippen LogP contribution >= 0.6 is 0 Å². The van der Waals surface area contributed by atoms with E-state index in [2.05, 4.69) is 0 Å². The second kappa shape index (κ2) is 7.05. The number of benzene rings is 1. The molecule has 126 valence electrons. The number of carbonyl (C=O) groups is 1. The second-order valence-electron chi connectivity index (χ2n) is 5.41. The Labute approximate surface area is 133 Å². The smallest absolute Gasteiger partial charge is 0.322 e. The molecular formula is C14H18N2O6S. The van der Waals surface area contributed by atoms with Gasteiger partial charge in [-0.05, 0) is 25.7 Å². The van der Waals surface area contributed by atoms with Crippen LogP contribution in [0.4, 0.5) is 5.69 Å². The standard InChI is InChI=1S/C14H18N2O6S/c17-14(18)13-7-3-4-9-15(13)23(21,22)10-8-11-5-1-2-6-12(11)16(19)20/h1-2,5-6,13H,3-4,7-10H2,(H,17,18). The zero-order valence-electron chi connectivity index (χ0n) is 12.4. The Balaban J connectivity index is 2.15. The molecule has 1 aliphatic heterocycles. The molecule has 0 radical (unpaired) electrons. The summed E-state index contributed by atoms with van der Waals surface area (Å²) in [4.78, 5) is 21.6. The van der Waals surface area contributed by atoms with Crippen molar-refractivity contribution in [2.75, 3.05) is 12.3 Å². The molecule has 0 amide bonds. The van der Waals surface area contributed by atoms with E-state index in [4.69, 9.17) is 0 Å². The zero-order valence-corrected chi connectivity index (χ0v) is 13.2. The maximum Gasteiger partial charge on any atom is 0.322 e. The van der Waals surface area contributed by atoms with Gasteiger partial charge in [0.15, 0.2) is 0 Å². The van der Waals surface area contributed by atoms with Crippen LogP contribution in [0.25, 0.3) is 0 Å². The van der Waals surface area contributed by atoms with E-state index in [9.17, 15) is 28.4 Å². The van der Waals surface area contributed by atoms with Gasteiger partial charge in [-0.25, -0.2) is 8.42 Å². The Kier molecular flexibility index (Phi) is 5.32. The number of piperidine rings is 1. The summed E-state index contributed by atoms with van der Waals surface area (Å²) in [6, 6.07) is 4.91. The Morgan fingerprint density at radius 3 is 2.70 bits per heavy atom. The van der Waals surface area contributed by atoms with Crippen LogP contribution in [0.3, 0.4) is 0 Å². The molecule has 9 heteroatoms. The van der Waals surface area contributed by atoms with Crippen molar-refractivity contribution in [2.24, 2.45) is 0 Å². The molecule has 0 aromatic heterocycles. The minimum absolute atomic E-state index is 0.0255. The third-order valence-electron chi connectivity index (χ3n) is 3.91. The van der Waals surface area contributed by atoms with E-state index in [1.54, 1.807) is 6.07 Å². The Morgan fingerprint density at radius 1 is 1.35 bits per heavy atom. The fourth-order valence-electron chi connectivity index (χ4n) is 2.74. The number of rotatable bonds is 6. The van der Waals surface area contributed by atoms with E-state index in [1.807, 2.05) is 0 Å². The topological polar surface area (TPSA) is 118 Å². The molecule has 8 nitrogen and oxygen atoms in total. The average molecular weight is 342 g/mol. The lowest BCUT2D eigenvalue weighted by atomic mass is 10.1. The average Bonchev–Trinajstić information content (AvgIpc) is 2.53. The first kappa shape index (κ1) is 17.4. The molecule has 1 N–H and O–H groups in total. The number of nitrogens with zero attached hydrogens (tertiary/aromatic N) is 2. The summed E-state index contributed by atoms with van der Waals surface area (Å²) in [6.07, 6.45) is 1.56. The first-order valence-electron chi connectivity index (χ1n) is 7.27. The van der Waals surface area contributed by atoms with Crippen LogP contribution in [0, 0.1) is 10.1 Å². The van der Waals surface area contributed by atoms with Crippen LogP contribution in [0.5, 0.6) is 0 Å². The van der Waals surface area contributed by atoms with Gasteiger partial charge in [-0.3, -0.25) is 14.9 Å². The van der Waals surface area contributed by atoms with E-state index in [0.29, 0.717) is 24.8 Å². The van der Waals surface area contributed by atoms with Crippen LogP contribution in [0.1, 0.15) is 24.8 Å². The van der Waals surface area contributed by atoms with Gasteiger partial charge < -0.3 is 5.11 Å². The number of hydrogen-bond donors (Lipinski definition) is 1. The summed E-state index contributed by atoms with van der Waals surface area (Å²) in [6.45, 7) is 0.177. The number of carboxylic acid groups (broad SMARTS) is 1. The molecule has 1 atom stereocenters. The van der Waals surface area contributed by atoms with Crippen molar-refractivity contribution in [3.8, 4) is 0 Å². The number of sulfonamides is 1. The maximum atomic E-state index is 12.4. The van der Waals surface area contributed by atoms with Gasteiger partial charge >= 0.3 is 5.97 Å². The Morgan fingerprint density at radius 2 is 2.04 bits per heavy atom. The maximum absolute atomic E-state index is 12.4. The number of hydrogen-bond acceptors (Lipinski definition) is 5. The first-order valence-corrected chi connectivity index (χ1v) is 8.88. The van der Waals surface area contributed by atoms with Crippen molar-refractivity contribution in [3.63, 3.8) is 0 Å². The molecule has 1 saturated heterocycles. The summed E-state index contributed by atoms with van der Waals surface area (Å²) >= 11 is 0. The number of aliphatic carboxylic acids is 1. The molecule has 2 rings (SSSR count). The van der Waals surface area contributed by atoms with Crippen molar-refractivity contribution in [2.45, 2.75) is 31.7 Å². The van der Waals surface area contributed by atoms with Crippen LogP contribution < -0.4 is 0 Å². The SMILES string of the molecule is O=C(O)C1CCCCN1S(=O)(=O)CCc1ccccc1[N+](=O)[O-]. The number of para-hydroxylation sites is 1. The lowest BCUT2D eigenvalue weighted by Gasteiger charge is -2.31. The summed E-state index contributed by atoms with van der Waals surface area (Å²) in [7, 11) is -3.79. The number of nitro groups is 1. The van der Waals surface area contributed by atoms with Crippen molar-refractivity contribution >= 4 is 21.7 Å². The molecule has 0 aliphatic carbocycles. The lowest BCUT2D eigenvalue weighted by molar-refractivity contribution is -0.385. The van der Waals surface area contributed by atoms with E-state index >= 15 is 0 Å². The highest BCUT2D eigenvalue weighted by molar-refractivity contribution is 7.89. The quantitative estimate of drug-likeness (QED) is 0.617. The van der Waals surface area contributed by atoms with E-state index in [1.165, 1.54) is 18.2 Å². The van der Waals surface area contributed by atoms with Crippen molar-refractivity contribution in [3.05, 3.63) is 39.9 Å². The Hall–Kier alpha value is -2.00. The normalized spacial score (nSPS) is 19.4. The van der Waals surface area contributed by atoms with Gasteiger partial charge in [0.05, 0.1) is 10.7 Å². The van der Waals surface area contributed by atoms with Crippen molar-refractivity contribution in [1.29, 1.82) is 0 Å². The highest BCUT2D eigenvalue weighted by Crippen LogP contribution is 2.23. The number of aryl methyl sites for hydroxylation is 1. The second-order valence-corrected chi connectivity index (χ2v) is 7.45. The van der Waals surface area contributed by atoms with Gasteiger partial charge in [-0.2, -0.15) is 4.31 Å². The summed E-state index contributed by atoms with van der Waals surface area (Å²) < 4.78 is 25.9. The Bertz CT molecular complexity index is 703. The van der Waals surface area contributed by atoms with Crippen LogP contribution in [-0.4, -0.2) is 47.1 Å². The number of nitro benzene ring substituents is 1. The molecular weight excluding hydrogens is 324 g/mol. The van der Waals surface area contributed by atoms with E-state index < -0.39 is 27.0 Å². The molecule has 0 spiro atoms. The minimum atomic E-state index is -3.79. The molecule has 1 fully saturated rings. The summed E-state index contributed by atoms with van der Waals surface area (Å²) in [5, 5.41) is 20.1. The molecule has 1 aromatic rings. The summed E-state index contributed by atoms with van der Waals surface area (Å²) in [5.74, 6) is -1.50. The fourth-order valence-corrected chi connectivity index (χ4v) is 4.44. The van der Waals surface area contributed by atoms with Gasteiger partial charge in [0, 0.05) is 18.2 Å². The van der Waals surface area contributed by atoms with Gasteiger partial charge in [0.1, 0.15) is 6.04 Å². The third kappa shape index (κ3) is 4.05. The molecule has 0 saturated carbocycles. The molecule has 1 unspecified atom stereocenters. The number of carboxylic acids is 1. The van der Waals surface area contributed by atoms with Gasteiger partial charge in [-0.1, -0.05) is 18.2 Å².